The minimum atomic E-state index is -0.125. The molecular weight excluding hydrogens is 254 g/mol. The number of fused-ring (bicyclic) bond motifs is 1. The SMILES string of the molecule is COCc1c(C(=O)NC2CCCC2)oc2ccccc12. The average Bonchev–Trinajstić information content (AvgIpc) is 3.07. The van der Waals surface area contributed by atoms with Crippen LogP contribution in [0.5, 0.6) is 0 Å². The molecule has 1 aromatic carbocycles. The maximum Gasteiger partial charge on any atom is 0.287 e. The lowest BCUT2D eigenvalue weighted by Gasteiger charge is -2.11. The first-order valence-electron chi connectivity index (χ1n) is 7.10. The quantitative estimate of drug-likeness (QED) is 0.930. The number of furan rings is 1. The molecule has 20 heavy (non-hydrogen) atoms. The molecule has 1 heterocycles. The molecule has 4 heteroatoms. The monoisotopic (exact) mass is 273 g/mol. The van der Waals surface area contributed by atoms with E-state index in [1.807, 2.05) is 24.3 Å². The summed E-state index contributed by atoms with van der Waals surface area (Å²) in [5.41, 5.74) is 1.56. The summed E-state index contributed by atoms with van der Waals surface area (Å²) in [6, 6.07) is 7.96. The predicted octanol–water partition coefficient (Wildman–Crippen LogP) is 3.25. The molecule has 0 unspecified atom stereocenters. The van der Waals surface area contributed by atoms with E-state index in [4.69, 9.17) is 9.15 Å². The van der Waals surface area contributed by atoms with Gasteiger partial charge in [-0.3, -0.25) is 4.79 Å². The van der Waals surface area contributed by atoms with Crippen LogP contribution in [0.3, 0.4) is 0 Å². The average molecular weight is 273 g/mol. The number of hydrogen-bond acceptors (Lipinski definition) is 3. The number of carbonyl (C=O) groups is 1. The summed E-state index contributed by atoms with van der Waals surface area (Å²) < 4.78 is 10.9. The van der Waals surface area contributed by atoms with Crippen molar-refractivity contribution in [3.63, 3.8) is 0 Å². The van der Waals surface area contributed by atoms with E-state index in [1.165, 1.54) is 12.8 Å². The summed E-state index contributed by atoms with van der Waals surface area (Å²) in [6.07, 6.45) is 4.50. The van der Waals surface area contributed by atoms with Crippen molar-refractivity contribution in [2.75, 3.05) is 7.11 Å². The van der Waals surface area contributed by atoms with E-state index in [0.29, 0.717) is 12.4 Å². The Bertz CT molecular complexity index is 611. The summed E-state index contributed by atoms with van der Waals surface area (Å²) in [5, 5.41) is 4.02. The molecule has 1 amide bonds. The molecule has 0 atom stereocenters. The Morgan fingerprint density at radius 1 is 1.35 bits per heavy atom. The van der Waals surface area contributed by atoms with E-state index in [0.717, 1.165) is 29.4 Å². The van der Waals surface area contributed by atoms with E-state index in [2.05, 4.69) is 5.32 Å². The summed E-state index contributed by atoms with van der Waals surface area (Å²) in [7, 11) is 1.63. The maximum atomic E-state index is 12.4. The third kappa shape index (κ3) is 2.43. The normalized spacial score (nSPS) is 15.8. The number of benzene rings is 1. The number of rotatable bonds is 4. The van der Waals surface area contributed by atoms with Crippen LogP contribution in [0, 0.1) is 0 Å². The van der Waals surface area contributed by atoms with E-state index < -0.39 is 0 Å². The number of methoxy groups -OCH3 is 1. The number of hydrogen-bond donors (Lipinski definition) is 1. The van der Waals surface area contributed by atoms with Crippen molar-refractivity contribution in [3.8, 4) is 0 Å². The fourth-order valence-corrected chi connectivity index (χ4v) is 2.89. The van der Waals surface area contributed by atoms with Crippen LogP contribution in [-0.2, 0) is 11.3 Å². The van der Waals surface area contributed by atoms with Gasteiger partial charge in [0.05, 0.1) is 6.61 Å². The standard InChI is InChI=1S/C16H19NO3/c1-19-10-13-12-8-4-5-9-14(12)20-15(13)16(18)17-11-6-2-3-7-11/h4-5,8-9,11H,2-3,6-7,10H2,1H3,(H,17,18). The van der Waals surface area contributed by atoms with E-state index in [-0.39, 0.29) is 11.9 Å². The van der Waals surface area contributed by atoms with Gasteiger partial charge in [0.1, 0.15) is 5.58 Å². The molecule has 0 radical (unpaired) electrons. The third-order valence-electron chi connectivity index (χ3n) is 3.88. The number of amides is 1. The van der Waals surface area contributed by atoms with Crippen LogP contribution in [0.2, 0.25) is 0 Å². The van der Waals surface area contributed by atoms with Crippen LogP contribution in [-0.4, -0.2) is 19.1 Å². The zero-order chi connectivity index (χ0) is 13.9. The van der Waals surface area contributed by atoms with Crippen LogP contribution in [0.1, 0.15) is 41.8 Å². The van der Waals surface area contributed by atoms with Crippen LogP contribution in [0.4, 0.5) is 0 Å². The molecule has 1 N–H and O–H groups in total. The summed E-state index contributed by atoms with van der Waals surface area (Å²) >= 11 is 0. The summed E-state index contributed by atoms with van der Waals surface area (Å²) in [6.45, 7) is 0.379. The van der Waals surface area contributed by atoms with Gasteiger partial charge in [-0.05, 0) is 18.9 Å². The molecule has 0 aliphatic heterocycles. The zero-order valence-electron chi connectivity index (χ0n) is 11.6. The Balaban J connectivity index is 1.92. The molecule has 106 valence electrons. The number of nitrogens with one attached hydrogen (secondary N) is 1. The van der Waals surface area contributed by atoms with E-state index in [1.54, 1.807) is 7.11 Å². The van der Waals surface area contributed by atoms with E-state index >= 15 is 0 Å². The first kappa shape index (κ1) is 13.2. The van der Waals surface area contributed by atoms with Crippen molar-refractivity contribution in [3.05, 3.63) is 35.6 Å². The highest BCUT2D eigenvalue weighted by Crippen LogP contribution is 2.27. The van der Waals surface area contributed by atoms with Crippen LogP contribution < -0.4 is 5.32 Å². The minimum absolute atomic E-state index is 0.125. The highest BCUT2D eigenvalue weighted by molar-refractivity contribution is 5.99. The molecule has 1 aromatic heterocycles. The molecule has 1 aliphatic carbocycles. The van der Waals surface area contributed by atoms with Gasteiger partial charge in [0.25, 0.3) is 5.91 Å². The molecule has 0 spiro atoms. The van der Waals surface area contributed by atoms with Gasteiger partial charge in [0.2, 0.25) is 0 Å². The Kier molecular flexibility index (Phi) is 3.74. The second kappa shape index (κ2) is 5.67. The lowest BCUT2D eigenvalue weighted by molar-refractivity contribution is 0.0905. The molecule has 1 saturated carbocycles. The molecular formula is C16H19NO3. The fraction of sp³-hybridized carbons (Fsp3) is 0.438. The molecule has 1 fully saturated rings. The Morgan fingerprint density at radius 3 is 2.85 bits per heavy atom. The zero-order valence-corrected chi connectivity index (χ0v) is 11.6. The Labute approximate surface area is 118 Å². The third-order valence-corrected chi connectivity index (χ3v) is 3.88. The van der Waals surface area contributed by atoms with Gasteiger partial charge in [-0.2, -0.15) is 0 Å². The Hall–Kier alpha value is -1.81. The van der Waals surface area contributed by atoms with Crippen molar-refractivity contribution in [2.45, 2.75) is 38.3 Å². The summed E-state index contributed by atoms with van der Waals surface area (Å²) in [4.78, 5) is 12.4. The molecule has 0 bridgehead atoms. The lowest BCUT2D eigenvalue weighted by Crippen LogP contribution is -2.32. The van der Waals surface area contributed by atoms with Crippen molar-refractivity contribution >= 4 is 16.9 Å². The second-order valence-electron chi connectivity index (χ2n) is 5.29. The molecule has 2 aromatic rings. The fourth-order valence-electron chi connectivity index (χ4n) is 2.89. The molecule has 3 rings (SSSR count). The second-order valence-corrected chi connectivity index (χ2v) is 5.29. The van der Waals surface area contributed by atoms with Crippen LogP contribution in [0.15, 0.2) is 28.7 Å². The highest BCUT2D eigenvalue weighted by Gasteiger charge is 2.24. The van der Waals surface area contributed by atoms with Crippen LogP contribution >= 0.6 is 0 Å². The predicted molar refractivity (Wildman–Crippen MR) is 76.6 cm³/mol. The first-order valence-corrected chi connectivity index (χ1v) is 7.10. The van der Waals surface area contributed by atoms with Gasteiger partial charge in [0, 0.05) is 24.1 Å². The largest absolute Gasteiger partial charge is 0.451 e. The van der Waals surface area contributed by atoms with Gasteiger partial charge >= 0.3 is 0 Å². The number of ether oxygens (including phenoxy) is 1. The molecule has 1 aliphatic rings. The van der Waals surface area contributed by atoms with Crippen LogP contribution in [0.25, 0.3) is 11.0 Å². The van der Waals surface area contributed by atoms with Crippen molar-refractivity contribution in [1.82, 2.24) is 5.32 Å². The van der Waals surface area contributed by atoms with Gasteiger partial charge in [-0.25, -0.2) is 0 Å². The smallest absolute Gasteiger partial charge is 0.287 e. The number of carbonyl (C=O) groups excluding carboxylic acids is 1. The lowest BCUT2D eigenvalue weighted by atomic mass is 10.1. The summed E-state index contributed by atoms with van der Waals surface area (Å²) in [5.74, 6) is 0.264. The van der Waals surface area contributed by atoms with Gasteiger partial charge in [-0.1, -0.05) is 31.0 Å². The van der Waals surface area contributed by atoms with Gasteiger partial charge in [-0.15, -0.1) is 0 Å². The number of para-hydroxylation sites is 1. The first-order chi connectivity index (χ1) is 9.79. The maximum absolute atomic E-state index is 12.4. The van der Waals surface area contributed by atoms with Gasteiger partial charge in [0.15, 0.2) is 5.76 Å². The topological polar surface area (TPSA) is 51.5 Å². The highest BCUT2D eigenvalue weighted by atomic mass is 16.5. The molecule has 0 saturated heterocycles. The van der Waals surface area contributed by atoms with E-state index in [9.17, 15) is 4.79 Å². The van der Waals surface area contributed by atoms with Crippen molar-refractivity contribution in [2.24, 2.45) is 0 Å². The molecule has 4 nitrogen and oxygen atoms in total. The van der Waals surface area contributed by atoms with Crippen molar-refractivity contribution in [1.29, 1.82) is 0 Å². The Morgan fingerprint density at radius 2 is 2.10 bits per heavy atom. The van der Waals surface area contributed by atoms with Crippen molar-refractivity contribution < 1.29 is 13.9 Å². The minimum Gasteiger partial charge on any atom is -0.451 e. The van der Waals surface area contributed by atoms with Gasteiger partial charge < -0.3 is 14.5 Å².